The normalized spacial score (nSPS) is 18.3. The van der Waals surface area contributed by atoms with Gasteiger partial charge in [0.2, 0.25) is 0 Å². The summed E-state index contributed by atoms with van der Waals surface area (Å²) in [7, 11) is 0. The number of hydrogen-bond acceptors (Lipinski definition) is 4. The van der Waals surface area contributed by atoms with Crippen molar-refractivity contribution in [1.29, 1.82) is 0 Å². The van der Waals surface area contributed by atoms with Gasteiger partial charge in [-0.2, -0.15) is 0 Å². The largest absolute Gasteiger partial charge is 0.478 e. The van der Waals surface area contributed by atoms with Gasteiger partial charge in [-0.15, -0.1) is 11.3 Å². The monoisotopic (exact) mass is 296 g/mol. The van der Waals surface area contributed by atoms with Gasteiger partial charge in [0.15, 0.2) is 0 Å². The Balaban J connectivity index is 1.75. The van der Waals surface area contributed by atoms with Gasteiger partial charge in [-0.05, 0) is 24.6 Å². The van der Waals surface area contributed by atoms with E-state index in [4.69, 9.17) is 9.84 Å². The minimum Gasteiger partial charge on any atom is -0.478 e. The van der Waals surface area contributed by atoms with Gasteiger partial charge in [0, 0.05) is 22.4 Å². The van der Waals surface area contributed by atoms with E-state index in [-0.39, 0.29) is 12.1 Å². The van der Waals surface area contributed by atoms with E-state index >= 15 is 0 Å². The lowest BCUT2D eigenvalue weighted by Gasteiger charge is -2.11. The lowest BCUT2D eigenvalue weighted by molar-refractivity contribution is -0.131. The predicted octanol–water partition coefficient (Wildman–Crippen LogP) is 1.43. The minimum atomic E-state index is -0.976. The number of urea groups is 1. The minimum absolute atomic E-state index is 0.0902. The van der Waals surface area contributed by atoms with Crippen molar-refractivity contribution in [3.8, 4) is 0 Å². The molecule has 0 radical (unpaired) electrons. The summed E-state index contributed by atoms with van der Waals surface area (Å²) < 4.78 is 5.17. The van der Waals surface area contributed by atoms with Gasteiger partial charge in [0.1, 0.15) is 0 Å². The third-order valence-electron chi connectivity index (χ3n) is 2.76. The number of carbonyl (C=O) groups excluding carboxylic acids is 1. The van der Waals surface area contributed by atoms with Crippen molar-refractivity contribution in [3.05, 3.63) is 28.0 Å². The van der Waals surface area contributed by atoms with E-state index in [1.54, 1.807) is 0 Å². The van der Waals surface area contributed by atoms with Gasteiger partial charge in [-0.3, -0.25) is 0 Å². The molecular weight excluding hydrogens is 280 g/mol. The van der Waals surface area contributed by atoms with Crippen molar-refractivity contribution in [3.63, 3.8) is 0 Å². The highest BCUT2D eigenvalue weighted by molar-refractivity contribution is 7.12. The quantitative estimate of drug-likeness (QED) is 0.717. The maximum Gasteiger partial charge on any atom is 0.328 e. The van der Waals surface area contributed by atoms with E-state index in [9.17, 15) is 9.59 Å². The summed E-state index contributed by atoms with van der Waals surface area (Å²) in [5.41, 5.74) is 0. The summed E-state index contributed by atoms with van der Waals surface area (Å²) >= 11 is 1.44. The standard InChI is InChI=1S/C13H16N2O4S/c16-12(17)4-3-10-1-2-11(20-10)7-14-13(18)15-9-5-6-19-8-9/h1-4,9H,5-8H2,(H,16,17)(H2,14,15,18)/b4-3+. The fourth-order valence-electron chi connectivity index (χ4n) is 1.78. The molecule has 2 rings (SSSR count). The van der Waals surface area contributed by atoms with Crippen molar-refractivity contribution in [2.24, 2.45) is 0 Å². The fourth-order valence-corrected chi connectivity index (χ4v) is 2.64. The molecule has 1 saturated heterocycles. The zero-order chi connectivity index (χ0) is 14.4. The van der Waals surface area contributed by atoms with E-state index in [2.05, 4.69) is 10.6 Å². The second-order valence-corrected chi connectivity index (χ2v) is 5.56. The molecule has 0 aliphatic carbocycles. The number of aliphatic carboxylic acids is 1. The van der Waals surface area contributed by atoms with Crippen molar-refractivity contribution < 1.29 is 19.4 Å². The molecule has 108 valence electrons. The number of ether oxygens (including phenoxy) is 1. The van der Waals surface area contributed by atoms with Gasteiger partial charge in [0.25, 0.3) is 0 Å². The lowest BCUT2D eigenvalue weighted by atomic mass is 10.3. The number of rotatable bonds is 5. The van der Waals surface area contributed by atoms with Crippen LogP contribution in [0, 0.1) is 0 Å². The molecule has 1 aromatic heterocycles. The summed E-state index contributed by atoms with van der Waals surface area (Å²) in [4.78, 5) is 23.8. The first-order chi connectivity index (χ1) is 9.63. The average Bonchev–Trinajstić information content (AvgIpc) is 3.05. The fraction of sp³-hybridized carbons (Fsp3) is 0.385. The van der Waals surface area contributed by atoms with E-state index in [0.717, 1.165) is 22.3 Å². The van der Waals surface area contributed by atoms with Crippen LogP contribution in [0.1, 0.15) is 16.2 Å². The summed E-state index contributed by atoms with van der Waals surface area (Å²) in [6.45, 7) is 1.68. The molecule has 2 amide bonds. The number of carboxylic acid groups (broad SMARTS) is 1. The van der Waals surface area contributed by atoms with Crippen LogP contribution in [0.3, 0.4) is 0 Å². The molecule has 1 fully saturated rings. The number of thiophene rings is 1. The molecule has 1 atom stereocenters. The Bertz CT molecular complexity index is 506. The zero-order valence-electron chi connectivity index (χ0n) is 10.8. The van der Waals surface area contributed by atoms with Crippen LogP contribution in [-0.2, 0) is 16.1 Å². The predicted molar refractivity (Wildman–Crippen MR) is 75.6 cm³/mol. The highest BCUT2D eigenvalue weighted by atomic mass is 32.1. The van der Waals surface area contributed by atoms with Crippen molar-refractivity contribution in [2.75, 3.05) is 13.2 Å². The molecular formula is C13H16N2O4S. The Morgan fingerprint density at radius 1 is 1.50 bits per heavy atom. The number of amides is 2. The Kier molecular flexibility index (Phi) is 5.14. The number of carboxylic acids is 1. The lowest BCUT2D eigenvalue weighted by Crippen LogP contribution is -2.41. The molecule has 0 bridgehead atoms. The first-order valence-corrected chi connectivity index (χ1v) is 7.07. The molecule has 1 aliphatic heterocycles. The highest BCUT2D eigenvalue weighted by Gasteiger charge is 2.17. The number of nitrogens with one attached hydrogen (secondary N) is 2. The van der Waals surface area contributed by atoms with Crippen LogP contribution in [0.5, 0.6) is 0 Å². The van der Waals surface area contributed by atoms with E-state index < -0.39 is 5.97 Å². The van der Waals surface area contributed by atoms with Crippen molar-refractivity contribution in [1.82, 2.24) is 10.6 Å². The van der Waals surface area contributed by atoms with Crippen molar-refractivity contribution in [2.45, 2.75) is 19.0 Å². The van der Waals surface area contributed by atoms with Crippen LogP contribution >= 0.6 is 11.3 Å². The number of hydrogen-bond donors (Lipinski definition) is 3. The third kappa shape index (κ3) is 4.67. The van der Waals surface area contributed by atoms with Crippen LogP contribution in [0.15, 0.2) is 18.2 Å². The van der Waals surface area contributed by atoms with Crippen LogP contribution in [0.2, 0.25) is 0 Å². The SMILES string of the molecule is O=C(O)/C=C/c1ccc(CNC(=O)NC2CCOC2)s1. The van der Waals surface area contributed by atoms with Crippen LogP contribution in [0.25, 0.3) is 6.08 Å². The second kappa shape index (κ2) is 7.06. The van der Waals surface area contributed by atoms with E-state index in [1.165, 1.54) is 17.4 Å². The molecule has 1 aliphatic rings. The Morgan fingerprint density at radius 2 is 2.35 bits per heavy atom. The molecule has 1 unspecified atom stereocenters. The first-order valence-electron chi connectivity index (χ1n) is 6.25. The molecule has 6 nitrogen and oxygen atoms in total. The van der Waals surface area contributed by atoms with Crippen LogP contribution in [-0.4, -0.2) is 36.4 Å². The highest BCUT2D eigenvalue weighted by Crippen LogP contribution is 2.17. The molecule has 3 N–H and O–H groups in total. The van der Waals surface area contributed by atoms with Gasteiger partial charge in [-0.25, -0.2) is 9.59 Å². The van der Waals surface area contributed by atoms with Gasteiger partial charge >= 0.3 is 12.0 Å². The molecule has 0 spiro atoms. The molecule has 1 aromatic rings. The first kappa shape index (κ1) is 14.5. The Labute approximate surface area is 120 Å². The second-order valence-electron chi connectivity index (χ2n) is 4.36. The smallest absolute Gasteiger partial charge is 0.328 e. The Hall–Kier alpha value is -1.86. The summed E-state index contributed by atoms with van der Waals surface area (Å²) in [5, 5.41) is 14.1. The maximum atomic E-state index is 11.6. The summed E-state index contributed by atoms with van der Waals surface area (Å²) in [5.74, 6) is -0.976. The average molecular weight is 296 g/mol. The molecule has 0 aromatic carbocycles. The topological polar surface area (TPSA) is 87.7 Å². The Morgan fingerprint density at radius 3 is 3.05 bits per heavy atom. The van der Waals surface area contributed by atoms with Crippen LogP contribution in [0.4, 0.5) is 4.79 Å². The van der Waals surface area contributed by atoms with Gasteiger partial charge in [-0.1, -0.05) is 0 Å². The van der Waals surface area contributed by atoms with Gasteiger partial charge in [0.05, 0.1) is 19.2 Å². The molecule has 20 heavy (non-hydrogen) atoms. The van der Waals surface area contributed by atoms with Crippen molar-refractivity contribution >= 4 is 29.4 Å². The van der Waals surface area contributed by atoms with E-state index in [0.29, 0.717) is 19.8 Å². The molecule has 7 heteroatoms. The van der Waals surface area contributed by atoms with Gasteiger partial charge < -0.3 is 20.5 Å². The molecule has 0 saturated carbocycles. The van der Waals surface area contributed by atoms with E-state index in [1.807, 2.05) is 12.1 Å². The molecule has 2 heterocycles. The maximum absolute atomic E-state index is 11.6. The zero-order valence-corrected chi connectivity index (χ0v) is 11.6. The van der Waals surface area contributed by atoms with Crippen LogP contribution < -0.4 is 10.6 Å². The summed E-state index contributed by atoms with van der Waals surface area (Å²) in [6.07, 6.45) is 3.47. The summed E-state index contributed by atoms with van der Waals surface area (Å²) in [6, 6.07) is 3.57. The third-order valence-corrected chi connectivity index (χ3v) is 3.81. The number of carbonyl (C=O) groups is 2.